The third kappa shape index (κ3) is 11.4. The Morgan fingerprint density at radius 1 is 1.54 bits per heavy atom. The van der Waals surface area contributed by atoms with Gasteiger partial charge in [0.25, 0.3) is 0 Å². The lowest BCUT2D eigenvalue weighted by Gasteiger charge is -1.96. The van der Waals surface area contributed by atoms with E-state index in [2.05, 4.69) is 5.32 Å². The van der Waals surface area contributed by atoms with Gasteiger partial charge in [-0.3, -0.25) is 4.79 Å². The Morgan fingerprint density at radius 3 is 2.46 bits per heavy atom. The van der Waals surface area contributed by atoms with Crippen LogP contribution in [-0.4, -0.2) is 33.7 Å². The number of amides is 1. The monoisotopic (exact) mass is 228 g/mol. The summed E-state index contributed by atoms with van der Waals surface area (Å²) in [4.78, 5) is 10.5. The zero-order valence-electron chi connectivity index (χ0n) is 7.19. The first-order valence-corrected chi connectivity index (χ1v) is 5.24. The molecule has 0 aromatic rings. The number of rotatable bonds is 4. The van der Waals surface area contributed by atoms with Gasteiger partial charge in [-0.1, -0.05) is 6.08 Å². The Hall–Kier alpha value is -0.590. The first-order chi connectivity index (χ1) is 5.45. The predicted molar refractivity (Wildman–Crippen MR) is 53.3 cm³/mol. The lowest BCUT2D eigenvalue weighted by molar-refractivity contribution is -0.119. The van der Waals surface area contributed by atoms with Crippen LogP contribution in [0.25, 0.3) is 0 Å². The molecule has 0 aromatic carbocycles. The second-order valence-electron chi connectivity index (χ2n) is 2.21. The number of carbonyl (C=O) groups is 1. The highest BCUT2D eigenvalue weighted by Crippen LogP contribution is 1.83. The van der Waals surface area contributed by atoms with E-state index in [1.54, 1.807) is 0 Å². The average Bonchev–Trinajstić information content (AvgIpc) is 1.96. The number of halogens is 1. The third-order valence-electron chi connectivity index (χ3n) is 0.946. The summed E-state index contributed by atoms with van der Waals surface area (Å²) in [5.74, 6) is -0.312. The Kier molecular flexibility index (Phi) is 7.89. The molecule has 0 saturated heterocycles. The molecule has 0 unspecified atom stereocenters. The summed E-state index contributed by atoms with van der Waals surface area (Å²) in [6.45, 7) is 0.0931. The number of sulfone groups is 1. The van der Waals surface area contributed by atoms with Gasteiger partial charge in [-0.25, -0.2) is 8.42 Å². The van der Waals surface area contributed by atoms with Crippen molar-refractivity contribution in [3.05, 3.63) is 11.5 Å². The third-order valence-corrected chi connectivity index (χ3v) is 1.63. The van der Waals surface area contributed by atoms with Crippen molar-refractivity contribution in [2.24, 2.45) is 5.73 Å². The Labute approximate surface area is 83.7 Å². The molecule has 0 aliphatic rings. The molecule has 7 heteroatoms. The molecule has 78 valence electrons. The quantitative estimate of drug-likeness (QED) is 0.649. The van der Waals surface area contributed by atoms with E-state index in [-0.39, 0.29) is 31.4 Å². The van der Waals surface area contributed by atoms with Gasteiger partial charge in [-0.2, -0.15) is 0 Å². The number of carbonyl (C=O) groups excluding carboxylic acids is 1. The van der Waals surface area contributed by atoms with E-state index in [1.807, 2.05) is 0 Å². The topological polar surface area (TPSA) is 89.3 Å². The van der Waals surface area contributed by atoms with Gasteiger partial charge < -0.3 is 11.1 Å². The number of hydrogen-bond donors (Lipinski definition) is 2. The molecule has 0 rings (SSSR count). The number of nitrogens with two attached hydrogens (primary N) is 1. The fourth-order valence-corrected chi connectivity index (χ4v) is 0.914. The minimum absolute atomic E-state index is 0. The molecular weight excluding hydrogens is 216 g/mol. The van der Waals surface area contributed by atoms with E-state index >= 15 is 0 Å². The van der Waals surface area contributed by atoms with Gasteiger partial charge in [0.05, 0.1) is 6.54 Å². The normalized spacial score (nSPS) is 10.9. The second-order valence-corrected chi connectivity index (χ2v) is 4.14. The molecule has 0 bridgehead atoms. The van der Waals surface area contributed by atoms with E-state index < -0.39 is 9.84 Å². The van der Waals surface area contributed by atoms with E-state index in [0.29, 0.717) is 0 Å². The van der Waals surface area contributed by atoms with Gasteiger partial charge in [0.2, 0.25) is 5.91 Å². The fourth-order valence-electron chi connectivity index (χ4n) is 0.468. The molecule has 0 heterocycles. The van der Waals surface area contributed by atoms with Crippen molar-refractivity contribution in [3.8, 4) is 0 Å². The van der Waals surface area contributed by atoms with Crippen LogP contribution in [0.3, 0.4) is 0 Å². The zero-order chi connectivity index (χ0) is 9.61. The molecular formula is C6H13ClN2O3S. The Bertz CT molecular complexity index is 274. The summed E-state index contributed by atoms with van der Waals surface area (Å²) < 4.78 is 21.0. The number of nitrogens with one attached hydrogen (secondary N) is 1. The van der Waals surface area contributed by atoms with Crippen LogP contribution in [0, 0.1) is 0 Å². The Balaban J connectivity index is 0. The predicted octanol–water partition coefficient (Wildman–Crippen LogP) is -0.959. The van der Waals surface area contributed by atoms with Gasteiger partial charge in [-0.05, 0) is 0 Å². The van der Waals surface area contributed by atoms with Crippen molar-refractivity contribution < 1.29 is 13.2 Å². The maximum atomic E-state index is 10.5. The summed E-state index contributed by atoms with van der Waals surface area (Å²) >= 11 is 0. The van der Waals surface area contributed by atoms with Crippen LogP contribution < -0.4 is 11.1 Å². The van der Waals surface area contributed by atoms with Crippen molar-refractivity contribution in [2.75, 3.05) is 19.3 Å². The lowest BCUT2D eigenvalue weighted by Crippen LogP contribution is -2.30. The van der Waals surface area contributed by atoms with Crippen molar-refractivity contribution in [3.63, 3.8) is 0 Å². The molecule has 0 aliphatic heterocycles. The highest BCUT2D eigenvalue weighted by atomic mass is 35.5. The maximum Gasteiger partial charge on any atom is 0.233 e. The van der Waals surface area contributed by atoms with Crippen LogP contribution in [0.5, 0.6) is 0 Å². The van der Waals surface area contributed by atoms with Crippen LogP contribution in [0.15, 0.2) is 11.5 Å². The first kappa shape index (κ1) is 14.9. The minimum atomic E-state index is -3.09. The van der Waals surface area contributed by atoms with Crippen molar-refractivity contribution in [2.45, 2.75) is 0 Å². The molecule has 13 heavy (non-hydrogen) atoms. The van der Waals surface area contributed by atoms with Crippen molar-refractivity contribution >= 4 is 28.2 Å². The summed E-state index contributed by atoms with van der Waals surface area (Å²) in [6.07, 6.45) is 2.43. The van der Waals surface area contributed by atoms with Crippen LogP contribution in [0.2, 0.25) is 0 Å². The first-order valence-electron chi connectivity index (χ1n) is 3.29. The van der Waals surface area contributed by atoms with Gasteiger partial charge in [0.15, 0.2) is 9.84 Å². The van der Waals surface area contributed by atoms with Crippen LogP contribution in [-0.2, 0) is 14.6 Å². The molecule has 5 nitrogen and oxygen atoms in total. The number of hydrogen-bond acceptors (Lipinski definition) is 4. The second kappa shape index (κ2) is 6.88. The van der Waals surface area contributed by atoms with Crippen LogP contribution >= 0.6 is 12.4 Å². The molecule has 3 N–H and O–H groups in total. The smallest absolute Gasteiger partial charge is 0.233 e. The summed E-state index contributed by atoms with van der Waals surface area (Å²) in [5.41, 5.74) is 4.99. The van der Waals surface area contributed by atoms with E-state index in [0.717, 1.165) is 11.7 Å². The highest BCUT2D eigenvalue weighted by Gasteiger charge is 1.94. The van der Waals surface area contributed by atoms with Gasteiger partial charge in [-0.15, -0.1) is 12.4 Å². The molecule has 0 aromatic heterocycles. The summed E-state index contributed by atoms with van der Waals surface area (Å²) in [7, 11) is -3.09. The van der Waals surface area contributed by atoms with Crippen LogP contribution in [0.1, 0.15) is 0 Å². The molecule has 1 amide bonds. The van der Waals surface area contributed by atoms with Crippen molar-refractivity contribution in [1.29, 1.82) is 0 Å². The lowest BCUT2D eigenvalue weighted by atomic mass is 10.5. The minimum Gasteiger partial charge on any atom is -0.352 e. The van der Waals surface area contributed by atoms with Gasteiger partial charge >= 0.3 is 0 Å². The standard InChI is InChI=1S/C6H12N2O3S.ClH/c1-12(10,11)4-2-3-8-6(9)5-7;/h2,4H,3,5,7H2,1H3,(H,8,9);1H/b4-2+;. The molecule has 0 saturated carbocycles. The molecule has 0 radical (unpaired) electrons. The molecule has 0 aliphatic carbocycles. The van der Waals surface area contributed by atoms with Gasteiger partial charge in [0, 0.05) is 18.2 Å². The maximum absolute atomic E-state index is 10.5. The SMILES string of the molecule is CS(=O)(=O)/C=C/CNC(=O)CN.Cl. The molecule has 0 fully saturated rings. The Morgan fingerprint density at radius 2 is 2.08 bits per heavy atom. The summed E-state index contributed by atoms with van der Waals surface area (Å²) in [6, 6.07) is 0. The molecule has 0 atom stereocenters. The van der Waals surface area contributed by atoms with E-state index in [1.165, 1.54) is 6.08 Å². The zero-order valence-corrected chi connectivity index (χ0v) is 8.82. The van der Waals surface area contributed by atoms with Crippen LogP contribution in [0.4, 0.5) is 0 Å². The molecule has 0 spiro atoms. The highest BCUT2D eigenvalue weighted by molar-refractivity contribution is 7.93. The summed E-state index contributed by atoms with van der Waals surface area (Å²) in [5, 5.41) is 3.42. The van der Waals surface area contributed by atoms with Gasteiger partial charge in [0.1, 0.15) is 0 Å². The van der Waals surface area contributed by atoms with E-state index in [9.17, 15) is 13.2 Å². The van der Waals surface area contributed by atoms with Crippen molar-refractivity contribution in [1.82, 2.24) is 5.32 Å². The largest absolute Gasteiger partial charge is 0.352 e. The average molecular weight is 229 g/mol. The van der Waals surface area contributed by atoms with E-state index in [4.69, 9.17) is 5.73 Å². The fraction of sp³-hybridized carbons (Fsp3) is 0.500.